The Kier molecular flexibility index (Phi) is 2.68. The first-order valence-electron chi connectivity index (χ1n) is 5.02. The molecule has 1 N–H and O–H groups in total. The Bertz CT molecular complexity index is 215. The molecule has 1 rings (SSSR count). The van der Waals surface area contributed by atoms with Gasteiger partial charge in [-0.1, -0.05) is 33.6 Å². The van der Waals surface area contributed by atoms with Crippen LogP contribution < -0.4 is 0 Å². The van der Waals surface area contributed by atoms with Crippen molar-refractivity contribution in [2.24, 2.45) is 10.8 Å². The lowest BCUT2D eigenvalue weighted by Crippen LogP contribution is -2.41. The number of aliphatic hydroxyl groups excluding tert-OH is 1. The van der Waals surface area contributed by atoms with Crippen molar-refractivity contribution in [1.29, 1.82) is 5.26 Å². The maximum Gasteiger partial charge on any atom is 0.0837 e. The average molecular weight is 181 g/mol. The van der Waals surface area contributed by atoms with Crippen molar-refractivity contribution in [2.75, 3.05) is 0 Å². The summed E-state index contributed by atoms with van der Waals surface area (Å²) in [5, 5.41) is 19.3. The van der Waals surface area contributed by atoms with Gasteiger partial charge in [-0.25, -0.2) is 0 Å². The lowest BCUT2D eigenvalue weighted by Gasteiger charge is -2.36. The first kappa shape index (κ1) is 10.5. The predicted octanol–water partition coefficient (Wildman–Crippen LogP) is 2.48. The van der Waals surface area contributed by atoms with Crippen LogP contribution >= 0.6 is 0 Å². The highest BCUT2D eigenvalue weighted by atomic mass is 16.3. The molecule has 1 aliphatic rings. The van der Waals surface area contributed by atoms with E-state index < -0.39 is 11.5 Å². The average Bonchev–Trinajstić information content (AvgIpc) is 2.50. The van der Waals surface area contributed by atoms with E-state index in [9.17, 15) is 5.11 Å². The van der Waals surface area contributed by atoms with Gasteiger partial charge in [0.15, 0.2) is 0 Å². The van der Waals surface area contributed by atoms with Gasteiger partial charge in [-0.2, -0.15) is 5.26 Å². The molecule has 1 atom stereocenters. The summed E-state index contributed by atoms with van der Waals surface area (Å²) in [6, 6.07) is 2.33. The molecule has 0 spiro atoms. The first-order valence-corrected chi connectivity index (χ1v) is 5.02. The molecule has 2 heteroatoms. The van der Waals surface area contributed by atoms with Gasteiger partial charge in [0.25, 0.3) is 0 Å². The van der Waals surface area contributed by atoms with Crippen molar-refractivity contribution in [3.63, 3.8) is 0 Å². The third kappa shape index (κ3) is 1.86. The second-order valence-electron chi connectivity index (χ2n) is 5.24. The normalized spacial score (nSPS) is 23.9. The van der Waals surface area contributed by atoms with Crippen LogP contribution in [-0.4, -0.2) is 11.2 Å². The maximum atomic E-state index is 10.1. The zero-order valence-electron chi connectivity index (χ0n) is 8.80. The van der Waals surface area contributed by atoms with Gasteiger partial charge in [0.2, 0.25) is 0 Å². The molecule has 1 fully saturated rings. The molecule has 0 aromatic carbocycles. The Balaban J connectivity index is 2.84. The Hall–Kier alpha value is -0.550. The fourth-order valence-corrected chi connectivity index (χ4v) is 2.28. The molecule has 0 aromatic rings. The topological polar surface area (TPSA) is 44.0 Å². The van der Waals surface area contributed by atoms with Crippen molar-refractivity contribution < 1.29 is 5.11 Å². The van der Waals surface area contributed by atoms with Gasteiger partial charge in [-0.15, -0.1) is 0 Å². The van der Waals surface area contributed by atoms with Crippen LogP contribution in [0.5, 0.6) is 0 Å². The van der Waals surface area contributed by atoms with Crippen LogP contribution in [0.15, 0.2) is 0 Å². The SMILES string of the molecule is CC(C)(C)C(O)C1(C#N)CCCC1. The van der Waals surface area contributed by atoms with Gasteiger partial charge < -0.3 is 5.11 Å². The molecular weight excluding hydrogens is 162 g/mol. The van der Waals surface area contributed by atoms with Crippen LogP contribution in [0.3, 0.4) is 0 Å². The van der Waals surface area contributed by atoms with E-state index in [1.165, 1.54) is 0 Å². The molecule has 0 aliphatic heterocycles. The summed E-state index contributed by atoms with van der Waals surface area (Å²) in [7, 11) is 0. The summed E-state index contributed by atoms with van der Waals surface area (Å²) < 4.78 is 0. The Morgan fingerprint density at radius 3 is 2.08 bits per heavy atom. The minimum absolute atomic E-state index is 0.180. The summed E-state index contributed by atoms with van der Waals surface area (Å²) in [6.45, 7) is 5.99. The third-order valence-electron chi connectivity index (χ3n) is 3.06. The number of rotatable bonds is 1. The van der Waals surface area contributed by atoms with Crippen molar-refractivity contribution in [3.05, 3.63) is 0 Å². The van der Waals surface area contributed by atoms with E-state index in [1.54, 1.807) is 0 Å². The van der Waals surface area contributed by atoms with E-state index in [1.807, 2.05) is 20.8 Å². The van der Waals surface area contributed by atoms with E-state index in [-0.39, 0.29) is 5.41 Å². The molecule has 0 heterocycles. The molecule has 0 saturated heterocycles. The van der Waals surface area contributed by atoms with Crippen LogP contribution in [0.4, 0.5) is 0 Å². The molecule has 0 aromatic heterocycles. The smallest absolute Gasteiger partial charge is 0.0837 e. The number of hydrogen-bond acceptors (Lipinski definition) is 2. The van der Waals surface area contributed by atoms with Gasteiger partial charge in [-0.05, 0) is 18.3 Å². The molecule has 1 aliphatic carbocycles. The molecule has 0 radical (unpaired) electrons. The lowest BCUT2D eigenvalue weighted by molar-refractivity contribution is -0.0190. The van der Waals surface area contributed by atoms with Crippen LogP contribution in [0.1, 0.15) is 46.5 Å². The standard InChI is InChI=1S/C11H19NO/c1-10(2,3)9(13)11(8-12)6-4-5-7-11/h9,13H,4-7H2,1-3H3. The van der Waals surface area contributed by atoms with Crippen LogP contribution in [0.25, 0.3) is 0 Å². The molecule has 0 amide bonds. The third-order valence-corrected chi connectivity index (χ3v) is 3.06. The van der Waals surface area contributed by atoms with E-state index in [4.69, 9.17) is 5.26 Å². The van der Waals surface area contributed by atoms with Gasteiger partial charge in [0.1, 0.15) is 0 Å². The minimum Gasteiger partial charge on any atom is -0.391 e. The number of hydrogen-bond donors (Lipinski definition) is 1. The van der Waals surface area contributed by atoms with Crippen molar-refractivity contribution in [3.8, 4) is 6.07 Å². The quantitative estimate of drug-likeness (QED) is 0.675. The molecule has 1 unspecified atom stereocenters. The van der Waals surface area contributed by atoms with E-state index in [0.717, 1.165) is 25.7 Å². The molecule has 1 saturated carbocycles. The fourth-order valence-electron chi connectivity index (χ4n) is 2.28. The van der Waals surface area contributed by atoms with Gasteiger partial charge in [0, 0.05) is 0 Å². The Morgan fingerprint density at radius 1 is 1.31 bits per heavy atom. The summed E-state index contributed by atoms with van der Waals surface area (Å²) in [5.74, 6) is 0. The van der Waals surface area contributed by atoms with E-state index in [2.05, 4.69) is 6.07 Å². The first-order chi connectivity index (χ1) is 5.92. The summed E-state index contributed by atoms with van der Waals surface area (Å²) in [6.07, 6.45) is 3.40. The maximum absolute atomic E-state index is 10.1. The zero-order chi connectivity index (χ0) is 10.1. The second kappa shape index (κ2) is 3.31. The van der Waals surface area contributed by atoms with E-state index in [0.29, 0.717) is 0 Å². The highest BCUT2D eigenvalue weighted by molar-refractivity contribution is 5.08. The van der Waals surface area contributed by atoms with Gasteiger partial charge >= 0.3 is 0 Å². The van der Waals surface area contributed by atoms with Gasteiger partial charge in [-0.3, -0.25) is 0 Å². The Labute approximate surface area is 80.6 Å². The predicted molar refractivity (Wildman–Crippen MR) is 52.0 cm³/mol. The van der Waals surface area contributed by atoms with Crippen molar-refractivity contribution in [1.82, 2.24) is 0 Å². The van der Waals surface area contributed by atoms with Crippen LogP contribution in [0.2, 0.25) is 0 Å². The molecule has 13 heavy (non-hydrogen) atoms. The highest BCUT2D eigenvalue weighted by Gasteiger charge is 2.45. The molecule has 74 valence electrons. The molecule has 2 nitrogen and oxygen atoms in total. The lowest BCUT2D eigenvalue weighted by atomic mass is 9.70. The number of nitrogens with zero attached hydrogens (tertiary/aromatic N) is 1. The minimum atomic E-state index is -0.493. The van der Waals surface area contributed by atoms with Gasteiger partial charge in [0.05, 0.1) is 17.6 Å². The second-order valence-corrected chi connectivity index (χ2v) is 5.24. The largest absolute Gasteiger partial charge is 0.391 e. The number of nitriles is 1. The van der Waals surface area contributed by atoms with E-state index >= 15 is 0 Å². The summed E-state index contributed by atoms with van der Waals surface area (Å²) >= 11 is 0. The van der Waals surface area contributed by atoms with Crippen molar-refractivity contribution in [2.45, 2.75) is 52.6 Å². The van der Waals surface area contributed by atoms with Crippen molar-refractivity contribution >= 4 is 0 Å². The number of aliphatic hydroxyl groups is 1. The summed E-state index contributed by atoms with van der Waals surface area (Å²) in [4.78, 5) is 0. The van der Waals surface area contributed by atoms with Crippen LogP contribution in [0, 0.1) is 22.2 Å². The Morgan fingerprint density at radius 2 is 1.77 bits per heavy atom. The summed E-state index contributed by atoms with van der Waals surface area (Å²) in [5.41, 5.74) is -0.641. The highest BCUT2D eigenvalue weighted by Crippen LogP contribution is 2.45. The zero-order valence-corrected chi connectivity index (χ0v) is 8.80. The fraction of sp³-hybridized carbons (Fsp3) is 0.909. The molecule has 0 bridgehead atoms. The van der Waals surface area contributed by atoms with Crippen LogP contribution in [-0.2, 0) is 0 Å². The molecular formula is C11H19NO. The monoisotopic (exact) mass is 181 g/mol.